The second-order valence-electron chi connectivity index (χ2n) is 7.81. The molecule has 2 fully saturated rings. The van der Waals surface area contributed by atoms with Gasteiger partial charge in [-0.15, -0.1) is 0 Å². The van der Waals surface area contributed by atoms with Crippen LogP contribution >= 0.6 is 0 Å². The van der Waals surface area contributed by atoms with E-state index >= 15 is 0 Å². The van der Waals surface area contributed by atoms with Crippen LogP contribution in [-0.4, -0.2) is 59.7 Å². The van der Waals surface area contributed by atoms with Crippen LogP contribution in [0.25, 0.3) is 0 Å². The molecule has 2 aliphatic rings. The van der Waals surface area contributed by atoms with Crippen molar-refractivity contribution >= 4 is 23.8 Å². The van der Waals surface area contributed by atoms with Crippen molar-refractivity contribution in [2.45, 2.75) is 50.6 Å². The average Bonchev–Trinajstić information content (AvgIpc) is 2.95. The molecular formula is C21H28N4O4. The zero-order valence-corrected chi connectivity index (χ0v) is 17.0. The standard InChI is InChI=1S/C21H28N4O4/c1-22-18(27)16-8-6-15(7-9-16)14-24(2)17(26)10-13-25-19(28)21(23-20(25)29)11-4-3-5-12-21/h6-9H,3-5,10-14H2,1-2H3,(H,22,27)(H,23,29). The van der Waals surface area contributed by atoms with E-state index in [4.69, 9.17) is 0 Å². The molecule has 5 amide bonds. The first-order chi connectivity index (χ1) is 13.9. The number of carbonyl (C=O) groups excluding carboxylic acids is 4. The Labute approximate surface area is 170 Å². The van der Waals surface area contributed by atoms with Gasteiger partial charge in [0.2, 0.25) is 5.91 Å². The van der Waals surface area contributed by atoms with E-state index in [1.54, 1.807) is 43.3 Å². The quantitative estimate of drug-likeness (QED) is 0.710. The van der Waals surface area contributed by atoms with Gasteiger partial charge in [0, 0.05) is 39.2 Å². The highest BCUT2D eigenvalue weighted by Gasteiger charge is 2.51. The molecule has 1 saturated heterocycles. The van der Waals surface area contributed by atoms with Crippen LogP contribution in [-0.2, 0) is 16.1 Å². The molecule has 0 radical (unpaired) electrons. The molecule has 29 heavy (non-hydrogen) atoms. The fraction of sp³-hybridized carbons (Fsp3) is 0.524. The van der Waals surface area contributed by atoms with Crippen molar-refractivity contribution in [2.75, 3.05) is 20.6 Å². The van der Waals surface area contributed by atoms with Crippen molar-refractivity contribution in [3.8, 4) is 0 Å². The first-order valence-electron chi connectivity index (χ1n) is 10.1. The molecule has 8 nitrogen and oxygen atoms in total. The predicted molar refractivity (Wildman–Crippen MR) is 107 cm³/mol. The summed E-state index contributed by atoms with van der Waals surface area (Å²) in [5, 5.41) is 5.42. The molecule has 3 rings (SSSR count). The number of carbonyl (C=O) groups is 4. The Hall–Kier alpha value is -2.90. The Morgan fingerprint density at radius 1 is 1.14 bits per heavy atom. The molecule has 0 aromatic heterocycles. The highest BCUT2D eigenvalue weighted by molar-refractivity contribution is 6.07. The Morgan fingerprint density at radius 2 is 1.79 bits per heavy atom. The van der Waals surface area contributed by atoms with Gasteiger partial charge >= 0.3 is 6.03 Å². The van der Waals surface area contributed by atoms with Crippen molar-refractivity contribution in [2.24, 2.45) is 0 Å². The van der Waals surface area contributed by atoms with Crippen LogP contribution in [0.2, 0.25) is 0 Å². The molecule has 8 heteroatoms. The summed E-state index contributed by atoms with van der Waals surface area (Å²) in [6.45, 7) is 0.474. The number of rotatable bonds is 6. The first-order valence-corrected chi connectivity index (χ1v) is 10.1. The molecule has 1 saturated carbocycles. The van der Waals surface area contributed by atoms with Gasteiger partial charge in [-0.05, 0) is 30.5 Å². The van der Waals surface area contributed by atoms with Gasteiger partial charge in [-0.25, -0.2) is 4.79 Å². The van der Waals surface area contributed by atoms with Crippen LogP contribution in [0.1, 0.15) is 54.4 Å². The number of benzene rings is 1. The van der Waals surface area contributed by atoms with E-state index < -0.39 is 11.6 Å². The van der Waals surface area contributed by atoms with E-state index in [1.165, 1.54) is 4.90 Å². The number of hydrogen-bond donors (Lipinski definition) is 2. The Kier molecular flexibility index (Phi) is 6.20. The van der Waals surface area contributed by atoms with E-state index in [1.807, 2.05) is 0 Å². The topological polar surface area (TPSA) is 98.8 Å². The SMILES string of the molecule is CNC(=O)c1ccc(CN(C)C(=O)CCN2C(=O)NC3(CCCCC3)C2=O)cc1. The Bertz CT molecular complexity index is 799. The third kappa shape index (κ3) is 4.41. The third-order valence-corrected chi connectivity index (χ3v) is 5.79. The largest absolute Gasteiger partial charge is 0.355 e. The summed E-state index contributed by atoms with van der Waals surface area (Å²) in [6, 6.07) is 6.64. The zero-order chi connectivity index (χ0) is 21.0. The molecule has 1 heterocycles. The van der Waals surface area contributed by atoms with Gasteiger partial charge in [-0.3, -0.25) is 19.3 Å². The van der Waals surface area contributed by atoms with Crippen molar-refractivity contribution in [1.29, 1.82) is 0 Å². The van der Waals surface area contributed by atoms with Gasteiger partial charge in [0.05, 0.1) is 0 Å². The second kappa shape index (κ2) is 8.63. The fourth-order valence-electron chi connectivity index (χ4n) is 4.04. The lowest BCUT2D eigenvalue weighted by molar-refractivity contribution is -0.134. The van der Waals surface area contributed by atoms with Crippen LogP contribution < -0.4 is 10.6 Å². The number of amides is 5. The predicted octanol–water partition coefficient (Wildman–Crippen LogP) is 1.65. The molecule has 1 spiro atoms. The van der Waals surface area contributed by atoms with Gasteiger partial charge < -0.3 is 15.5 Å². The smallest absolute Gasteiger partial charge is 0.325 e. The van der Waals surface area contributed by atoms with Crippen molar-refractivity contribution in [1.82, 2.24) is 20.4 Å². The van der Waals surface area contributed by atoms with E-state index in [0.717, 1.165) is 24.8 Å². The molecule has 0 bridgehead atoms. The number of nitrogens with one attached hydrogen (secondary N) is 2. The molecule has 1 aliphatic carbocycles. The van der Waals surface area contributed by atoms with Crippen LogP contribution in [0.4, 0.5) is 4.79 Å². The minimum absolute atomic E-state index is 0.0854. The maximum Gasteiger partial charge on any atom is 0.325 e. The van der Waals surface area contributed by atoms with Gasteiger partial charge in [-0.2, -0.15) is 0 Å². The van der Waals surface area contributed by atoms with E-state index in [2.05, 4.69) is 10.6 Å². The molecule has 1 aromatic carbocycles. The lowest BCUT2D eigenvalue weighted by Gasteiger charge is -2.30. The minimum Gasteiger partial charge on any atom is -0.355 e. The van der Waals surface area contributed by atoms with Crippen molar-refractivity contribution in [3.63, 3.8) is 0 Å². The summed E-state index contributed by atoms with van der Waals surface area (Å²) in [6.07, 6.45) is 4.38. The minimum atomic E-state index is -0.753. The molecule has 2 N–H and O–H groups in total. The van der Waals surface area contributed by atoms with Gasteiger partial charge in [0.1, 0.15) is 5.54 Å². The summed E-state index contributed by atoms with van der Waals surface area (Å²) < 4.78 is 0. The van der Waals surface area contributed by atoms with Gasteiger partial charge in [0.15, 0.2) is 0 Å². The average molecular weight is 400 g/mol. The summed E-state index contributed by atoms with van der Waals surface area (Å²) in [5.74, 6) is -0.502. The Morgan fingerprint density at radius 3 is 2.41 bits per heavy atom. The zero-order valence-electron chi connectivity index (χ0n) is 17.0. The van der Waals surface area contributed by atoms with E-state index in [-0.39, 0.29) is 30.7 Å². The van der Waals surface area contributed by atoms with Crippen molar-refractivity contribution < 1.29 is 19.2 Å². The van der Waals surface area contributed by atoms with E-state index in [9.17, 15) is 19.2 Å². The monoisotopic (exact) mass is 400 g/mol. The molecular weight excluding hydrogens is 372 g/mol. The summed E-state index contributed by atoms with van der Waals surface area (Å²) in [4.78, 5) is 51.9. The second-order valence-corrected chi connectivity index (χ2v) is 7.81. The number of nitrogens with zero attached hydrogens (tertiary/aromatic N) is 2. The van der Waals surface area contributed by atoms with Gasteiger partial charge in [-0.1, -0.05) is 31.4 Å². The molecule has 0 unspecified atom stereocenters. The van der Waals surface area contributed by atoms with Crippen LogP contribution in [0.5, 0.6) is 0 Å². The lowest BCUT2D eigenvalue weighted by atomic mass is 9.82. The first kappa shape index (κ1) is 20.8. The fourth-order valence-corrected chi connectivity index (χ4v) is 4.04. The number of hydrogen-bond acceptors (Lipinski definition) is 4. The highest BCUT2D eigenvalue weighted by Crippen LogP contribution is 2.33. The maximum absolute atomic E-state index is 12.8. The van der Waals surface area contributed by atoms with Crippen LogP contribution in [0.3, 0.4) is 0 Å². The van der Waals surface area contributed by atoms with Crippen molar-refractivity contribution in [3.05, 3.63) is 35.4 Å². The summed E-state index contributed by atoms with van der Waals surface area (Å²) in [5.41, 5.74) is 0.696. The Balaban J connectivity index is 1.53. The van der Waals surface area contributed by atoms with Gasteiger partial charge in [0.25, 0.3) is 11.8 Å². The molecule has 0 atom stereocenters. The maximum atomic E-state index is 12.8. The normalized spacial score (nSPS) is 17.9. The number of imide groups is 1. The third-order valence-electron chi connectivity index (χ3n) is 5.79. The summed E-state index contributed by atoms with van der Waals surface area (Å²) >= 11 is 0. The number of urea groups is 1. The molecule has 156 valence electrons. The molecule has 1 aromatic rings. The van der Waals surface area contributed by atoms with E-state index in [0.29, 0.717) is 24.9 Å². The molecule has 1 aliphatic heterocycles. The van der Waals surface area contributed by atoms with Crippen LogP contribution in [0.15, 0.2) is 24.3 Å². The highest BCUT2D eigenvalue weighted by atomic mass is 16.2. The summed E-state index contributed by atoms with van der Waals surface area (Å²) in [7, 11) is 3.26. The van der Waals surface area contributed by atoms with Crippen LogP contribution in [0, 0.1) is 0 Å². The lowest BCUT2D eigenvalue weighted by Crippen LogP contribution is -2.48.